The molecule has 0 spiro atoms. The number of nitrogens with one attached hydrogen (secondary N) is 2. The largest absolute Gasteiger partial charge is 0.357 e. The van der Waals surface area contributed by atoms with E-state index in [1.54, 1.807) is 12.4 Å². The molecule has 0 aromatic carbocycles. The number of H-pyrrole nitrogens is 1. The fraction of sp³-hybridized carbons (Fsp3) is 0.368. The number of rotatable bonds is 3. The van der Waals surface area contributed by atoms with E-state index in [-0.39, 0.29) is 5.91 Å². The number of nitrogens with zero attached hydrogens (tertiary/aromatic N) is 4. The van der Waals surface area contributed by atoms with Gasteiger partial charge in [-0.3, -0.25) is 9.89 Å². The van der Waals surface area contributed by atoms with Crippen LogP contribution in [0.25, 0.3) is 11.0 Å². The maximum absolute atomic E-state index is 12.5. The number of hydrogen-bond donors (Lipinski definition) is 2. The Hall–Kier alpha value is -2.96. The molecule has 0 unspecified atom stereocenters. The van der Waals surface area contributed by atoms with E-state index in [9.17, 15) is 4.79 Å². The maximum Gasteiger partial charge on any atom is 0.257 e. The van der Waals surface area contributed by atoms with Crippen molar-refractivity contribution < 1.29 is 4.79 Å². The highest BCUT2D eigenvalue weighted by molar-refractivity contribution is 6.04. The molecule has 134 valence electrons. The molecule has 1 aliphatic heterocycles. The van der Waals surface area contributed by atoms with Gasteiger partial charge in [-0.25, -0.2) is 9.97 Å². The number of hydrogen-bond acceptors (Lipinski definition) is 5. The van der Waals surface area contributed by atoms with Crippen LogP contribution in [0.3, 0.4) is 0 Å². The minimum absolute atomic E-state index is 0.192. The van der Waals surface area contributed by atoms with Gasteiger partial charge in [-0.1, -0.05) is 12.8 Å². The summed E-state index contributed by atoms with van der Waals surface area (Å²) in [6, 6.07) is 5.64. The topological polar surface area (TPSA) is 86.8 Å². The van der Waals surface area contributed by atoms with Crippen molar-refractivity contribution in [2.75, 3.05) is 23.3 Å². The predicted molar refractivity (Wildman–Crippen MR) is 101 cm³/mol. The standard InChI is InChI=1S/C19H22N6O/c1-13-16-10-15(12-21-18(16)24-23-13)22-19(26)14-6-7-17(20-11-14)25-8-4-2-3-5-9-25/h6-7,10-12H,2-5,8-9H2,1H3,(H,22,26)(H,21,23,24). The lowest BCUT2D eigenvalue weighted by Crippen LogP contribution is -2.25. The molecule has 1 saturated heterocycles. The van der Waals surface area contributed by atoms with Crippen molar-refractivity contribution in [1.29, 1.82) is 0 Å². The maximum atomic E-state index is 12.5. The second-order valence-electron chi connectivity index (χ2n) is 6.70. The van der Waals surface area contributed by atoms with Gasteiger partial charge in [-0.05, 0) is 38.0 Å². The third-order valence-corrected chi connectivity index (χ3v) is 4.80. The number of aromatic nitrogens is 4. The Bertz CT molecular complexity index is 909. The van der Waals surface area contributed by atoms with E-state index in [1.165, 1.54) is 25.7 Å². The second kappa shape index (κ2) is 7.11. The summed E-state index contributed by atoms with van der Waals surface area (Å²) in [5.74, 6) is 0.753. The first-order chi connectivity index (χ1) is 12.7. The first-order valence-electron chi connectivity index (χ1n) is 9.04. The van der Waals surface area contributed by atoms with Gasteiger partial charge in [-0.15, -0.1) is 0 Å². The van der Waals surface area contributed by atoms with Crippen LogP contribution in [0.5, 0.6) is 0 Å². The molecule has 3 aromatic heterocycles. The molecular weight excluding hydrogens is 328 g/mol. The molecule has 3 aromatic rings. The van der Waals surface area contributed by atoms with E-state index in [0.717, 1.165) is 30.0 Å². The van der Waals surface area contributed by atoms with Crippen molar-refractivity contribution in [2.45, 2.75) is 32.6 Å². The first-order valence-corrected chi connectivity index (χ1v) is 9.04. The molecule has 0 aliphatic carbocycles. The van der Waals surface area contributed by atoms with Crippen LogP contribution in [0.2, 0.25) is 0 Å². The molecule has 7 nitrogen and oxygen atoms in total. The number of amides is 1. The molecule has 26 heavy (non-hydrogen) atoms. The Morgan fingerprint density at radius 3 is 2.65 bits per heavy atom. The summed E-state index contributed by atoms with van der Waals surface area (Å²) in [7, 11) is 0. The Kier molecular flexibility index (Phi) is 4.51. The molecule has 2 N–H and O–H groups in total. The summed E-state index contributed by atoms with van der Waals surface area (Å²) in [5.41, 5.74) is 2.74. The van der Waals surface area contributed by atoms with Crippen molar-refractivity contribution in [3.8, 4) is 0 Å². The van der Waals surface area contributed by atoms with E-state index in [4.69, 9.17) is 0 Å². The van der Waals surface area contributed by atoms with Gasteiger partial charge in [-0.2, -0.15) is 5.10 Å². The van der Waals surface area contributed by atoms with Crippen molar-refractivity contribution in [3.63, 3.8) is 0 Å². The lowest BCUT2D eigenvalue weighted by Gasteiger charge is -2.21. The van der Waals surface area contributed by atoms with Gasteiger partial charge >= 0.3 is 0 Å². The van der Waals surface area contributed by atoms with Crippen LogP contribution in [-0.2, 0) is 0 Å². The third-order valence-electron chi connectivity index (χ3n) is 4.80. The minimum atomic E-state index is -0.192. The van der Waals surface area contributed by atoms with Crippen LogP contribution in [-0.4, -0.2) is 39.2 Å². The van der Waals surface area contributed by atoms with Crippen molar-refractivity contribution in [3.05, 3.63) is 41.9 Å². The molecule has 4 rings (SSSR count). The summed E-state index contributed by atoms with van der Waals surface area (Å²) in [5, 5.41) is 10.8. The van der Waals surface area contributed by atoms with E-state index in [1.807, 2.05) is 25.1 Å². The average Bonchev–Trinajstić information content (AvgIpc) is 2.87. The molecule has 1 aliphatic rings. The Balaban J connectivity index is 1.47. The zero-order valence-corrected chi connectivity index (χ0v) is 14.8. The van der Waals surface area contributed by atoms with Crippen LogP contribution < -0.4 is 10.2 Å². The number of carbonyl (C=O) groups is 1. The van der Waals surface area contributed by atoms with Gasteiger partial charge in [0, 0.05) is 30.4 Å². The van der Waals surface area contributed by atoms with Gasteiger partial charge in [0.1, 0.15) is 5.82 Å². The third kappa shape index (κ3) is 3.37. The van der Waals surface area contributed by atoms with Crippen LogP contribution in [0.15, 0.2) is 30.6 Å². The Labute approximate surface area is 151 Å². The molecule has 7 heteroatoms. The fourth-order valence-electron chi connectivity index (χ4n) is 3.30. The lowest BCUT2D eigenvalue weighted by molar-refractivity contribution is 0.102. The van der Waals surface area contributed by atoms with Gasteiger partial charge in [0.15, 0.2) is 5.65 Å². The van der Waals surface area contributed by atoms with E-state index in [0.29, 0.717) is 16.9 Å². The number of anilines is 2. The molecule has 1 fully saturated rings. The summed E-state index contributed by atoms with van der Waals surface area (Å²) < 4.78 is 0. The number of aryl methyl sites for hydroxylation is 1. The molecule has 0 bridgehead atoms. The van der Waals surface area contributed by atoms with Gasteiger partial charge in [0.25, 0.3) is 5.91 Å². The minimum Gasteiger partial charge on any atom is -0.357 e. The number of carbonyl (C=O) groups excluding carboxylic acids is 1. The monoisotopic (exact) mass is 350 g/mol. The quantitative estimate of drug-likeness (QED) is 0.757. The van der Waals surface area contributed by atoms with Crippen LogP contribution in [0.1, 0.15) is 41.7 Å². The molecular formula is C19H22N6O. The van der Waals surface area contributed by atoms with Crippen LogP contribution in [0.4, 0.5) is 11.5 Å². The summed E-state index contributed by atoms with van der Waals surface area (Å²) in [6.07, 6.45) is 8.22. The summed E-state index contributed by atoms with van der Waals surface area (Å²) in [6.45, 7) is 4.00. The zero-order chi connectivity index (χ0) is 17.9. The second-order valence-corrected chi connectivity index (χ2v) is 6.70. The Morgan fingerprint density at radius 1 is 1.12 bits per heavy atom. The normalized spacial score (nSPS) is 15.0. The Morgan fingerprint density at radius 2 is 1.92 bits per heavy atom. The molecule has 0 saturated carbocycles. The van der Waals surface area contributed by atoms with Gasteiger partial charge in [0.05, 0.1) is 17.4 Å². The van der Waals surface area contributed by atoms with Gasteiger partial charge < -0.3 is 10.2 Å². The predicted octanol–water partition coefficient (Wildman–Crippen LogP) is 3.29. The molecule has 0 radical (unpaired) electrons. The first kappa shape index (κ1) is 16.5. The highest BCUT2D eigenvalue weighted by Crippen LogP contribution is 2.20. The van der Waals surface area contributed by atoms with Crippen LogP contribution in [0, 0.1) is 6.92 Å². The highest BCUT2D eigenvalue weighted by atomic mass is 16.1. The number of pyridine rings is 2. The summed E-state index contributed by atoms with van der Waals surface area (Å²) >= 11 is 0. The molecule has 1 amide bonds. The lowest BCUT2D eigenvalue weighted by atomic mass is 10.2. The van der Waals surface area contributed by atoms with Crippen molar-refractivity contribution in [2.24, 2.45) is 0 Å². The number of fused-ring (bicyclic) bond motifs is 1. The SMILES string of the molecule is Cc1[nH]nc2ncc(NC(=O)c3ccc(N4CCCCCC4)nc3)cc12. The van der Waals surface area contributed by atoms with Crippen molar-refractivity contribution in [1.82, 2.24) is 20.2 Å². The summed E-state index contributed by atoms with van der Waals surface area (Å²) in [4.78, 5) is 23.6. The van der Waals surface area contributed by atoms with Gasteiger partial charge in [0.2, 0.25) is 0 Å². The van der Waals surface area contributed by atoms with E-state index >= 15 is 0 Å². The molecule has 4 heterocycles. The zero-order valence-electron chi connectivity index (χ0n) is 14.8. The van der Waals surface area contributed by atoms with E-state index in [2.05, 4.69) is 30.4 Å². The molecule has 0 atom stereocenters. The van der Waals surface area contributed by atoms with E-state index < -0.39 is 0 Å². The van der Waals surface area contributed by atoms with Crippen molar-refractivity contribution >= 4 is 28.4 Å². The van der Waals surface area contributed by atoms with Crippen LogP contribution >= 0.6 is 0 Å². The highest BCUT2D eigenvalue weighted by Gasteiger charge is 2.13. The average molecular weight is 350 g/mol. The smallest absolute Gasteiger partial charge is 0.257 e. The fourth-order valence-corrected chi connectivity index (χ4v) is 3.30. The number of aromatic amines is 1.